The molecule has 0 aliphatic heterocycles. The van der Waals surface area contributed by atoms with Gasteiger partial charge >= 0.3 is 0 Å². The first-order chi connectivity index (χ1) is 7.77. The van der Waals surface area contributed by atoms with Crippen LogP contribution in [0.1, 0.15) is 51.7 Å². The lowest BCUT2D eigenvalue weighted by atomic mass is 9.82. The summed E-state index contributed by atoms with van der Waals surface area (Å²) in [5.74, 6) is 0.468. The molecule has 0 saturated carbocycles. The highest BCUT2D eigenvalue weighted by atomic mass is 16.3. The lowest BCUT2D eigenvalue weighted by Gasteiger charge is -2.23. The molecule has 0 heterocycles. The quantitative estimate of drug-likeness (QED) is 0.837. The minimum absolute atomic E-state index is 0.114. The number of nitrogens with zero attached hydrogens (tertiary/aromatic N) is 1. The molecule has 2 nitrogen and oxygen atoms in total. The highest BCUT2D eigenvalue weighted by Gasteiger charge is 2.22. The van der Waals surface area contributed by atoms with Crippen LogP contribution < -0.4 is 0 Å². The van der Waals surface area contributed by atoms with Gasteiger partial charge in [-0.25, -0.2) is 0 Å². The van der Waals surface area contributed by atoms with E-state index in [-0.39, 0.29) is 17.3 Å². The van der Waals surface area contributed by atoms with Gasteiger partial charge in [-0.3, -0.25) is 0 Å². The van der Waals surface area contributed by atoms with Gasteiger partial charge in [0.1, 0.15) is 5.75 Å². The summed E-state index contributed by atoms with van der Waals surface area (Å²) < 4.78 is 0. The van der Waals surface area contributed by atoms with Crippen LogP contribution in [-0.4, -0.2) is 5.11 Å². The molecule has 0 fully saturated rings. The number of aromatic hydroxyl groups is 1. The fraction of sp³-hybridized carbons (Fsp3) is 0.533. The molecular formula is C15H21NO. The zero-order chi connectivity index (χ0) is 13.2. The monoisotopic (exact) mass is 231 g/mol. The van der Waals surface area contributed by atoms with E-state index >= 15 is 0 Å². The van der Waals surface area contributed by atoms with E-state index in [1.165, 1.54) is 0 Å². The Bertz CT molecular complexity index is 435. The SMILES string of the molecule is CC(C)C(C#N)c1ccc(O)c(C(C)(C)C)c1. The molecule has 1 N–H and O–H groups in total. The Hall–Kier alpha value is -1.49. The van der Waals surface area contributed by atoms with Crippen molar-refractivity contribution < 1.29 is 5.11 Å². The smallest absolute Gasteiger partial charge is 0.119 e. The molecule has 1 aromatic carbocycles. The van der Waals surface area contributed by atoms with E-state index in [1.807, 2.05) is 26.0 Å². The van der Waals surface area contributed by atoms with E-state index in [0.29, 0.717) is 5.75 Å². The van der Waals surface area contributed by atoms with Crippen LogP contribution >= 0.6 is 0 Å². The van der Waals surface area contributed by atoms with Gasteiger partial charge in [-0.2, -0.15) is 5.26 Å². The van der Waals surface area contributed by atoms with Gasteiger partial charge in [0.25, 0.3) is 0 Å². The Morgan fingerprint density at radius 1 is 1.24 bits per heavy atom. The molecule has 0 bridgehead atoms. The van der Waals surface area contributed by atoms with Gasteiger partial charge < -0.3 is 5.11 Å². The van der Waals surface area contributed by atoms with Gasteiger partial charge in [0.15, 0.2) is 0 Å². The summed E-state index contributed by atoms with van der Waals surface area (Å²) >= 11 is 0. The second-order valence-corrected chi connectivity index (χ2v) is 5.88. The Morgan fingerprint density at radius 2 is 1.82 bits per heavy atom. The maximum atomic E-state index is 9.88. The second-order valence-electron chi connectivity index (χ2n) is 5.88. The third kappa shape index (κ3) is 3.00. The molecule has 92 valence electrons. The molecule has 0 aliphatic rings. The van der Waals surface area contributed by atoms with Crippen LogP contribution in [0.5, 0.6) is 5.75 Å². The van der Waals surface area contributed by atoms with Crippen molar-refractivity contribution in [3.8, 4) is 11.8 Å². The lowest BCUT2D eigenvalue weighted by Crippen LogP contribution is -2.13. The Kier molecular flexibility index (Phi) is 3.83. The Morgan fingerprint density at radius 3 is 2.24 bits per heavy atom. The predicted octanol–water partition coefficient (Wildman–Crippen LogP) is 3.95. The lowest BCUT2D eigenvalue weighted by molar-refractivity contribution is 0.445. The van der Waals surface area contributed by atoms with Gasteiger partial charge in [0.05, 0.1) is 12.0 Å². The molecule has 0 aromatic heterocycles. The summed E-state index contributed by atoms with van der Waals surface area (Å²) in [4.78, 5) is 0. The highest BCUT2D eigenvalue weighted by Crippen LogP contribution is 2.34. The van der Waals surface area contributed by atoms with Gasteiger partial charge in [0.2, 0.25) is 0 Å². The number of phenolic OH excluding ortho intramolecular Hbond substituents is 1. The van der Waals surface area contributed by atoms with Crippen molar-refractivity contribution in [3.63, 3.8) is 0 Å². The molecule has 1 unspecified atom stereocenters. The van der Waals surface area contributed by atoms with Gasteiger partial charge in [-0.1, -0.05) is 46.8 Å². The summed E-state index contributed by atoms with van der Waals surface area (Å²) in [6, 6.07) is 7.84. The summed E-state index contributed by atoms with van der Waals surface area (Å²) in [5, 5.41) is 19.1. The van der Waals surface area contributed by atoms with Crippen molar-refractivity contribution in [2.75, 3.05) is 0 Å². The fourth-order valence-corrected chi connectivity index (χ4v) is 1.96. The van der Waals surface area contributed by atoms with Crippen molar-refractivity contribution >= 4 is 0 Å². The molecule has 0 spiro atoms. The highest BCUT2D eigenvalue weighted by molar-refractivity contribution is 5.42. The maximum Gasteiger partial charge on any atom is 0.119 e. The van der Waals surface area contributed by atoms with Crippen LogP contribution in [0, 0.1) is 17.2 Å². The number of rotatable bonds is 2. The van der Waals surface area contributed by atoms with Crippen molar-refractivity contribution in [1.29, 1.82) is 5.26 Å². The van der Waals surface area contributed by atoms with Crippen LogP contribution in [0.2, 0.25) is 0 Å². The maximum absolute atomic E-state index is 9.88. The van der Waals surface area contributed by atoms with Crippen LogP contribution in [-0.2, 0) is 5.41 Å². The summed E-state index contributed by atoms with van der Waals surface area (Å²) in [6.07, 6.45) is 0. The minimum atomic E-state index is -0.114. The van der Waals surface area contributed by atoms with E-state index < -0.39 is 0 Å². The normalized spacial score (nSPS) is 13.5. The number of phenols is 1. The third-order valence-corrected chi connectivity index (χ3v) is 2.99. The second kappa shape index (κ2) is 4.79. The molecule has 17 heavy (non-hydrogen) atoms. The summed E-state index contributed by atoms with van der Waals surface area (Å²) in [7, 11) is 0. The number of hydrogen-bond acceptors (Lipinski definition) is 2. The van der Waals surface area contributed by atoms with Crippen LogP contribution in [0.25, 0.3) is 0 Å². The molecule has 1 aromatic rings. The first-order valence-electron chi connectivity index (χ1n) is 6.00. The molecule has 1 atom stereocenters. The van der Waals surface area contributed by atoms with Gasteiger partial charge in [0, 0.05) is 0 Å². The zero-order valence-corrected chi connectivity index (χ0v) is 11.3. The molecule has 2 heteroatoms. The Balaban J connectivity index is 3.27. The Labute approximate surface area is 104 Å². The zero-order valence-electron chi connectivity index (χ0n) is 11.3. The van der Waals surface area contributed by atoms with Crippen LogP contribution in [0.4, 0.5) is 0 Å². The molecule has 0 saturated heterocycles. The van der Waals surface area contributed by atoms with Gasteiger partial charge in [-0.05, 0) is 28.5 Å². The summed E-state index contributed by atoms with van der Waals surface area (Å²) in [5.41, 5.74) is 1.78. The summed E-state index contributed by atoms with van der Waals surface area (Å²) in [6.45, 7) is 10.3. The van der Waals surface area contributed by atoms with Crippen molar-refractivity contribution in [3.05, 3.63) is 29.3 Å². The topological polar surface area (TPSA) is 44.0 Å². The largest absolute Gasteiger partial charge is 0.508 e. The van der Waals surface area contributed by atoms with Crippen LogP contribution in [0.15, 0.2) is 18.2 Å². The van der Waals surface area contributed by atoms with E-state index in [9.17, 15) is 10.4 Å². The standard InChI is InChI=1S/C15H21NO/c1-10(2)12(9-16)11-6-7-14(17)13(8-11)15(3,4)5/h6-8,10,12,17H,1-5H3. The first-order valence-corrected chi connectivity index (χ1v) is 6.00. The fourth-order valence-electron chi connectivity index (χ4n) is 1.96. The molecule has 0 aliphatic carbocycles. The van der Waals surface area contributed by atoms with Crippen molar-refractivity contribution in [1.82, 2.24) is 0 Å². The first kappa shape index (κ1) is 13.6. The van der Waals surface area contributed by atoms with E-state index in [1.54, 1.807) is 6.07 Å². The van der Waals surface area contributed by atoms with E-state index in [2.05, 4.69) is 26.8 Å². The van der Waals surface area contributed by atoms with E-state index in [4.69, 9.17) is 0 Å². The molecule has 1 rings (SSSR count). The van der Waals surface area contributed by atoms with Crippen LogP contribution in [0.3, 0.4) is 0 Å². The number of benzene rings is 1. The average Bonchev–Trinajstić information content (AvgIpc) is 2.19. The van der Waals surface area contributed by atoms with Crippen molar-refractivity contribution in [2.45, 2.75) is 46.0 Å². The average molecular weight is 231 g/mol. The predicted molar refractivity (Wildman–Crippen MR) is 70.0 cm³/mol. The van der Waals surface area contributed by atoms with E-state index in [0.717, 1.165) is 11.1 Å². The minimum Gasteiger partial charge on any atom is -0.508 e. The third-order valence-electron chi connectivity index (χ3n) is 2.99. The van der Waals surface area contributed by atoms with Gasteiger partial charge in [-0.15, -0.1) is 0 Å². The molecule has 0 amide bonds. The molecular weight excluding hydrogens is 210 g/mol. The molecule has 0 radical (unpaired) electrons. The van der Waals surface area contributed by atoms with Crippen molar-refractivity contribution in [2.24, 2.45) is 5.92 Å². The number of hydrogen-bond donors (Lipinski definition) is 1. The number of nitriles is 1.